The number of unbranched alkanes of at least 4 members (excludes halogenated alkanes) is 1. The minimum atomic E-state index is -0.624. The molecule has 1 N–H and O–H groups in total. The van der Waals surface area contributed by atoms with Crippen LogP contribution in [0.2, 0.25) is 10.0 Å². The number of halogens is 3. The smallest absolute Gasteiger partial charge is 0.224 e. The minimum Gasteiger partial charge on any atom is -0.369 e. The predicted molar refractivity (Wildman–Crippen MR) is 131 cm³/mol. The van der Waals surface area contributed by atoms with Gasteiger partial charge in [-0.3, -0.25) is 5.01 Å². The summed E-state index contributed by atoms with van der Waals surface area (Å²) in [6.45, 7) is 7.45. The van der Waals surface area contributed by atoms with Crippen LogP contribution >= 0.6 is 23.2 Å². The lowest BCUT2D eigenvalue weighted by Crippen LogP contribution is -2.26. The number of pyridine rings is 1. The van der Waals surface area contributed by atoms with E-state index in [2.05, 4.69) is 23.8 Å². The van der Waals surface area contributed by atoms with Gasteiger partial charge in [0, 0.05) is 22.7 Å². The van der Waals surface area contributed by atoms with Gasteiger partial charge in [-0.1, -0.05) is 79.5 Å². The number of hydrogen-bond donors (Lipinski definition) is 1. The lowest BCUT2D eigenvalue weighted by atomic mass is 9.95. The molecule has 4 nitrogen and oxygen atoms in total. The Kier molecular flexibility index (Phi) is 6.77. The molecule has 0 bridgehead atoms. The lowest BCUT2D eigenvalue weighted by Gasteiger charge is -2.29. The molecule has 0 aliphatic carbocycles. The Morgan fingerprint density at radius 2 is 1.75 bits per heavy atom. The average molecular weight is 469 g/mol. The zero-order chi connectivity index (χ0) is 22.7. The number of hydrazone groups is 1. The zero-order valence-corrected chi connectivity index (χ0v) is 19.2. The van der Waals surface area contributed by atoms with E-state index in [1.54, 1.807) is 11.1 Å². The summed E-state index contributed by atoms with van der Waals surface area (Å²) in [4.78, 5) is 4.08. The second-order valence-corrected chi connectivity index (χ2v) is 8.41. The standard InChI is InChI=1S/C25H23Cl2FN4/c1-3-4-13-29-25-22(27)14-21(24(28)30-25)23-20-8-6-5-7-19(20)16(2)32(31-23)15-17-9-11-18(26)12-10-17/h5-12,14H,2-4,13,15H2,1H3,(H,29,30). The molecule has 0 unspecified atom stereocenters. The van der Waals surface area contributed by atoms with Crippen LogP contribution in [0, 0.1) is 5.95 Å². The van der Waals surface area contributed by atoms with Crippen molar-refractivity contribution in [3.63, 3.8) is 0 Å². The van der Waals surface area contributed by atoms with Gasteiger partial charge in [0.1, 0.15) is 11.5 Å². The molecule has 0 saturated heterocycles. The normalized spacial score (nSPS) is 13.1. The molecule has 0 atom stereocenters. The highest BCUT2D eigenvalue weighted by atomic mass is 35.5. The van der Waals surface area contributed by atoms with Gasteiger partial charge in [0.15, 0.2) is 0 Å². The number of anilines is 1. The second-order valence-electron chi connectivity index (χ2n) is 7.56. The van der Waals surface area contributed by atoms with E-state index in [0.717, 1.165) is 35.2 Å². The summed E-state index contributed by atoms with van der Waals surface area (Å²) >= 11 is 12.5. The molecule has 164 valence electrons. The van der Waals surface area contributed by atoms with E-state index in [1.165, 1.54) is 0 Å². The third-order valence-electron chi connectivity index (χ3n) is 5.28. The van der Waals surface area contributed by atoms with Gasteiger partial charge >= 0.3 is 0 Å². The first-order valence-corrected chi connectivity index (χ1v) is 11.2. The number of nitrogens with zero attached hydrogens (tertiary/aromatic N) is 3. The van der Waals surface area contributed by atoms with Crippen LogP contribution in [0.3, 0.4) is 0 Å². The topological polar surface area (TPSA) is 40.5 Å². The summed E-state index contributed by atoms with van der Waals surface area (Å²) in [5.41, 5.74) is 4.12. The molecule has 1 aliphatic heterocycles. The number of fused-ring (bicyclic) bond motifs is 1. The molecule has 7 heteroatoms. The van der Waals surface area contributed by atoms with E-state index in [4.69, 9.17) is 28.3 Å². The Morgan fingerprint density at radius 1 is 1.03 bits per heavy atom. The van der Waals surface area contributed by atoms with E-state index in [-0.39, 0.29) is 5.56 Å². The lowest BCUT2D eigenvalue weighted by molar-refractivity contribution is 0.412. The van der Waals surface area contributed by atoms with Crippen LogP contribution in [-0.4, -0.2) is 22.2 Å². The molecule has 0 spiro atoms. The molecule has 3 aromatic rings. The van der Waals surface area contributed by atoms with Gasteiger partial charge in [-0.25, -0.2) is 4.98 Å². The van der Waals surface area contributed by atoms with Crippen molar-refractivity contribution in [1.82, 2.24) is 9.99 Å². The first-order chi connectivity index (χ1) is 15.5. The molecule has 0 saturated carbocycles. The van der Waals surface area contributed by atoms with Gasteiger partial charge in [-0.15, -0.1) is 0 Å². The Balaban J connectivity index is 1.74. The van der Waals surface area contributed by atoms with Crippen LogP contribution in [0.25, 0.3) is 5.70 Å². The summed E-state index contributed by atoms with van der Waals surface area (Å²) in [5, 5.41) is 10.6. The van der Waals surface area contributed by atoms with Gasteiger partial charge in [-0.05, 0) is 30.2 Å². The van der Waals surface area contributed by atoms with Crippen LogP contribution in [0.4, 0.5) is 10.2 Å². The van der Waals surface area contributed by atoms with Crippen molar-refractivity contribution < 1.29 is 4.39 Å². The van der Waals surface area contributed by atoms with Gasteiger partial charge in [0.2, 0.25) is 5.95 Å². The molecule has 0 amide bonds. The van der Waals surface area contributed by atoms with Crippen LogP contribution in [0.5, 0.6) is 0 Å². The molecule has 32 heavy (non-hydrogen) atoms. The number of nitrogens with one attached hydrogen (secondary N) is 1. The van der Waals surface area contributed by atoms with Crippen molar-refractivity contribution >= 4 is 40.4 Å². The maximum absolute atomic E-state index is 15.2. The van der Waals surface area contributed by atoms with E-state index in [0.29, 0.717) is 34.7 Å². The minimum absolute atomic E-state index is 0.247. The van der Waals surface area contributed by atoms with E-state index >= 15 is 4.39 Å². The van der Waals surface area contributed by atoms with E-state index in [1.807, 2.05) is 48.5 Å². The highest BCUT2D eigenvalue weighted by molar-refractivity contribution is 6.33. The van der Waals surface area contributed by atoms with Gasteiger partial charge in [0.05, 0.1) is 22.8 Å². The maximum atomic E-state index is 15.2. The van der Waals surface area contributed by atoms with Crippen LogP contribution in [0.1, 0.15) is 42.0 Å². The summed E-state index contributed by atoms with van der Waals surface area (Å²) in [6, 6.07) is 16.8. The summed E-state index contributed by atoms with van der Waals surface area (Å²) in [6.07, 6.45) is 1.97. The highest BCUT2D eigenvalue weighted by Gasteiger charge is 2.26. The first-order valence-electron chi connectivity index (χ1n) is 10.5. The summed E-state index contributed by atoms with van der Waals surface area (Å²) in [7, 11) is 0. The fourth-order valence-electron chi connectivity index (χ4n) is 3.55. The second kappa shape index (κ2) is 9.72. The largest absolute Gasteiger partial charge is 0.369 e. The fraction of sp³-hybridized carbons (Fsp3) is 0.200. The Morgan fingerprint density at radius 3 is 2.47 bits per heavy atom. The quantitative estimate of drug-likeness (QED) is 0.300. The molecule has 2 aromatic carbocycles. The fourth-order valence-corrected chi connectivity index (χ4v) is 3.89. The van der Waals surface area contributed by atoms with E-state index < -0.39 is 5.95 Å². The van der Waals surface area contributed by atoms with Gasteiger partial charge < -0.3 is 5.32 Å². The van der Waals surface area contributed by atoms with Gasteiger partial charge in [0.25, 0.3) is 0 Å². The SMILES string of the molecule is C=C1c2ccccc2C(c2cc(Cl)c(NCCCC)nc2F)=NN1Cc1ccc(Cl)cc1. The molecule has 1 aromatic heterocycles. The molecule has 2 heterocycles. The molecule has 1 aliphatic rings. The summed E-state index contributed by atoms with van der Waals surface area (Å²) in [5.74, 6) is -0.283. The molecular formula is C25H23Cl2FN4. The van der Waals surface area contributed by atoms with Crippen molar-refractivity contribution in [2.45, 2.75) is 26.3 Å². The number of rotatable bonds is 7. The van der Waals surface area contributed by atoms with Crippen molar-refractivity contribution in [3.05, 3.63) is 99.4 Å². The average Bonchev–Trinajstić information content (AvgIpc) is 2.79. The number of aromatic nitrogens is 1. The molecule has 0 radical (unpaired) electrons. The first kappa shape index (κ1) is 22.3. The Bertz CT molecular complexity index is 1180. The zero-order valence-electron chi connectivity index (χ0n) is 17.7. The van der Waals surface area contributed by atoms with Crippen molar-refractivity contribution in [3.8, 4) is 0 Å². The number of hydrogen-bond acceptors (Lipinski definition) is 4. The van der Waals surface area contributed by atoms with Gasteiger partial charge in [-0.2, -0.15) is 9.49 Å². The molecule has 0 fully saturated rings. The Hall–Kier alpha value is -2.89. The summed E-state index contributed by atoms with van der Waals surface area (Å²) < 4.78 is 15.2. The van der Waals surface area contributed by atoms with Crippen molar-refractivity contribution in [2.75, 3.05) is 11.9 Å². The molecule has 4 rings (SSSR count). The monoisotopic (exact) mass is 468 g/mol. The third-order valence-corrected chi connectivity index (χ3v) is 5.82. The molecular weight excluding hydrogens is 446 g/mol. The third kappa shape index (κ3) is 4.64. The highest BCUT2D eigenvalue weighted by Crippen LogP contribution is 2.33. The van der Waals surface area contributed by atoms with Crippen molar-refractivity contribution in [2.24, 2.45) is 5.10 Å². The van der Waals surface area contributed by atoms with Crippen LogP contribution in [-0.2, 0) is 6.54 Å². The van der Waals surface area contributed by atoms with E-state index in [9.17, 15) is 0 Å². The maximum Gasteiger partial charge on any atom is 0.224 e. The van der Waals surface area contributed by atoms with Crippen LogP contribution in [0.15, 0.2) is 66.3 Å². The Labute approximate surface area is 197 Å². The van der Waals surface area contributed by atoms with Crippen molar-refractivity contribution in [1.29, 1.82) is 0 Å². The predicted octanol–water partition coefficient (Wildman–Crippen LogP) is 6.98. The number of benzene rings is 2. The van der Waals surface area contributed by atoms with Crippen LogP contribution < -0.4 is 5.32 Å².